The van der Waals surface area contributed by atoms with Gasteiger partial charge >= 0.3 is 5.97 Å². The number of fused-ring (bicyclic) bond motifs is 14. The summed E-state index contributed by atoms with van der Waals surface area (Å²) in [5.41, 5.74) is 8.33. The number of thiazole rings is 6. The number of carbonyl (C=O) groups excluding carboxylic acids is 6. The van der Waals surface area contributed by atoms with Crippen LogP contribution in [0.5, 0.6) is 0 Å². The summed E-state index contributed by atoms with van der Waals surface area (Å²) in [6.45, 7) is 5.13. The minimum atomic E-state index is -1.28. The van der Waals surface area contributed by atoms with Gasteiger partial charge in [-0.25, -0.2) is 34.9 Å². The largest absolute Gasteiger partial charge is 0.480 e. The van der Waals surface area contributed by atoms with Crippen LogP contribution in [0, 0.1) is 12.8 Å². The van der Waals surface area contributed by atoms with E-state index in [4.69, 9.17) is 45.5 Å². The van der Waals surface area contributed by atoms with Gasteiger partial charge in [0, 0.05) is 64.9 Å². The molecule has 8 aromatic rings. The molecule has 426 valence electrons. The molecule has 0 radical (unpaired) electrons. The lowest BCUT2D eigenvalue weighted by molar-refractivity contribution is -0.138. The van der Waals surface area contributed by atoms with E-state index in [-0.39, 0.29) is 66.9 Å². The summed E-state index contributed by atoms with van der Waals surface area (Å²) < 4.78 is 5.46. The van der Waals surface area contributed by atoms with Crippen LogP contribution in [-0.2, 0) is 30.5 Å². The van der Waals surface area contributed by atoms with Crippen LogP contribution < -0.4 is 32.3 Å². The lowest BCUT2D eigenvalue weighted by Crippen LogP contribution is -2.40. The monoisotopic (exact) mass is 1220 g/mol. The number of nitrogens with two attached hydrogens (primary N) is 1. The quantitative estimate of drug-likeness (QED) is 0.0560. The van der Waals surface area contributed by atoms with Crippen LogP contribution >= 0.6 is 68.0 Å². The summed E-state index contributed by atoms with van der Waals surface area (Å²) in [6, 6.07) is 8.95. The molecule has 0 fully saturated rings. The van der Waals surface area contributed by atoms with Crippen molar-refractivity contribution in [2.24, 2.45) is 11.7 Å². The first kappa shape index (κ1) is 59.2. The van der Waals surface area contributed by atoms with Crippen molar-refractivity contribution in [1.82, 2.24) is 56.2 Å². The number of anilines is 1. The first-order valence-corrected chi connectivity index (χ1v) is 30.5. The molecular weight excluding hydrogens is 1170 g/mol. The minimum absolute atomic E-state index is 0.0208. The van der Waals surface area contributed by atoms with Gasteiger partial charge in [0.1, 0.15) is 83.2 Å². The number of rotatable bonds is 13. The number of methoxy groups -OCH3 is 1. The van der Waals surface area contributed by atoms with Crippen molar-refractivity contribution in [1.29, 1.82) is 0 Å². The smallest absolute Gasteiger partial charge is 0.320 e. The number of aryl methyl sites for hydroxylation is 1. The van der Waals surface area contributed by atoms with Gasteiger partial charge in [0.2, 0.25) is 17.7 Å². The number of aliphatic carboxylic acids is 1. The van der Waals surface area contributed by atoms with Crippen LogP contribution in [0.15, 0.2) is 64.0 Å². The Morgan fingerprint density at radius 3 is 2.21 bits per heavy atom. The van der Waals surface area contributed by atoms with Gasteiger partial charge in [0.25, 0.3) is 11.8 Å². The first-order valence-electron chi connectivity index (χ1n) is 25.3. The van der Waals surface area contributed by atoms with Gasteiger partial charge in [-0.1, -0.05) is 44.2 Å². The molecule has 0 spiro atoms. The number of carboxylic acid groups (broad SMARTS) is 1. The molecule has 0 unspecified atom stereocenters. The van der Waals surface area contributed by atoms with E-state index >= 15 is 0 Å². The highest BCUT2D eigenvalue weighted by Crippen LogP contribution is 2.41. The second-order valence-corrected chi connectivity index (χ2v) is 24.8. The zero-order valence-corrected chi connectivity index (χ0v) is 49.3. The van der Waals surface area contributed by atoms with Gasteiger partial charge in [-0.2, -0.15) is 0 Å². The number of ether oxygens (including phenoxy) is 1. The third kappa shape index (κ3) is 13.7. The third-order valence-corrected chi connectivity index (χ3v) is 18.6. The van der Waals surface area contributed by atoms with E-state index in [1.54, 1.807) is 70.9 Å². The van der Waals surface area contributed by atoms with E-state index in [0.29, 0.717) is 73.7 Å². The molecule has 10 bridgehead atoms. The molecule has 0 saturated carbocycles. The average Bonchev–Trinajstić information content (AvgIpc) is 4.36. The Morgan fingerprint density at radius 2 is 1.46 bits per heavy atom. The molecular formula is C53H53N13O10S6. The van der Waals surface area contributed by atoms with E-state index in [2.05, 4.69) is 31.6 Å². The Bertz CT molecular complexity index is 3680. The van der Waals surface area contributed by atoms with E-state index in [0.717, 1.165) is 11.3 Å². The fourth-order valence-electron chi connectivity index (χ4n) is 8.51. The molecule has 82 heavy (non-hydrogen) atoms. The van der Waals surface area contributed by atoms with Gasteiger partial charge in [0.05, 0.1) is 41.2 Å². The lowest BCUT2D eigenvalue weighted by atomic mass is 9.90. The number of hydrogen-bond donors (Lipinski definition) is 8. The topological polar surface area (TPSA) is 346 Å². The molecule has 1 aliphatic rings. The molecule has 5 atom stereocenters. The molecule has 7 aromatic heterocycles. The van der Waals surface area contributed by atoms with Crippen molar-refractivity contribution in [3.63, 3.8) is 0 Å². The highest BCUT2D eigenvalue weighted by molar-refractivity contribution is 7.15. The summed E-state index contributed by atoms with van der Waals surface area (Å²) in [5, 5.41) is 43.9. The summed E-state index contributed by atoms with van der Waals surface area (Å²) >= 11 is 7.18. The van der Waals surface area contributed by atoms with E-state index in [1.807, 2.05) is 13.8 Å². The molecule has 8 heterocycles. The molecule has 9 rings (SSSR count). The van der Waals surface area contributed by atoms with Crippen LogP contribution in [0.1, 0.15) is 125 Å². The van der Waals surface area contributed by atoms with Crippen molar-refractivity contribution >= 4 is 115 Å². The highest BCUT2D eigenvalue weighted by atomic mass is 32.1. The molecule has 5 amide bonds. The maximum Gasteiger partial charge on any atom is 0.320 e. The number of aliphatic hydroxyl groups excluding tert-OH is 1. The number of amides is 5. The second kappa shape index (κ2) is 26.2. The minimum Gasteiger partial charge on any atom is -0.480 e. The zero-order valence-electron chi connectivity index (χ0n) is 44.4. The molecule has 23 nitrogen and oxygen atoms in total. The Labute approximate surface area is 492 Å². The second-order valence-electron chi connectivity index (χ2n) is 19.0. The number of hydrogen-bond acceptors (Lipinski definition) is 23. The van der Waals surface area contributed by atoms with Gasteiger partial charge in [-0.3, -0.25) is 33.6 Å². The molecule has 0 aliphatic carbocycles. The number of carboxylic acids is 1. The predicted molar refractivity (Wildman–Crippen MR) is 312 cm³/mol. The van der Waals surface area contributed by atoms with Crippen LogP contribution in [-0.4, -0.2) is 113 Å². The van der Waals surface area contributed by atoms with Crippen LogP contribution in [0.4, 0.5) is 5.82 Å². The Balaban J connectivity index is 1.11. The third-order valence-electron chi connectivity index (χ3n) is 12.9. The Kier molecular flexibility index (Phi) is 18.9. The van der Waals surface area contributed by atoms with Crippen molar-refractivity contribution in [2.45, 2.75) is 83.2 Å². The number of benzene rings is 1. The Morgan fingerprint density at radius 1 is 0.756 bits per heavy atom. The molecule has 0 saturated heterocycles. The van der Waals surface area contributed by atoms with Crippen molar-refractivity contribution < 1.29 is 48.5 Å². The number of nitrogens with one attached hydrogen (secondary N) is 5. The maximum absolute atomic E-state index is 14.3. The SMILES string of the molecule is CNC(=O)C[C@@H]1NC(=O)c2csc(n2)-c2ccc(-c3nc(NC(=O)CC[C@H](N)C(=O)O)cs3)nc2-c2csc(n2)-c2csc(n2)[C@H]([C@@H](O)c2ccccc2)NC(=O)CNC(=O)c2nc(sc2COC)[C@H](C(C)C)CC(=O)c2nc1sc2C. The average molecular weight is 1220 g/mol. The highest BCUT2D eigenvalue weighted by Gasteiger charge is 2.33. The van der Waals surface area contributed by atoms with Crippen molar-refractivity contribution in [3.05, 3.63) is 111 Å². The number of carbonyl (C=O) groups is 7. The number of nitrogens with zero attached hydrogens (tertiary/aromatic N) is 7. The Hall–Kier alpha value is -7.48. The lowest BCUT2D eigenvalue weighted by Gasteiger charge is -2.23. The number of aromatic nitrogens is 7. The normalized spacial score (nSPS) is 16.9. The van der Waals surface area contributed by atoms with E-state index < -0.39 is 72.2 Å². The van der Waals surface area contributed by atoms with E-state index in [9.17, 15) is 38.7 Å². The number of aliphatic hydroxyl groups is 1. The number of pyridine rings is 1. The fourth-order valence-corrected chi connectivity index (χ4v) is 14.1. The standard InChI is InChI=1S/C53H53N13O10S6/c1-23(2)27-15-34(67)40-24(3)81-51(65-40)30(16-38(69)55-4)58-45(72)32-20-77-47(60-32)26-11-13-29(49-63-36(22-80-49)62-37(68)14-12-28(54)53(74)75)57-41(26)31-19-78-50(59-31)33-21-79-52(61-33)43(44(71)25-9-7-6-8-10-25)64-39(70)17-56-46(73)42-35(18-76-5)82-48(27)66-42/h6-11,13,19-23,27-28,30,43-44,71H,12,14-18,54H2,1-5H3,(H,55,69)(H,56,73)(H,58,72)(H,62,68)(H,64,70)(H,74,75)/t27-,28-,30-,43-,44-/m0/s1. The maximum atomic E-state index is 14.3. The predicted octanol–water partition coefficient (Wildman–Crippen LogP) is 7.33. The van der Waals surface area contributed by atoms with Gasteiger partial charge in [-0.15, -0.1) is 68.0 Å². The van der Waals surface area contributed by atoms with E-state index in [1.165, 1.54) is 70.8 Å². The summed E-state index contributed by atoms with van der Waals surface area (Å²) in [5.74, 6) is -4.71. The van der Waals surface area contributed by atoms with Gasteiger partial charge in [0.15, 0.2) is 5.78 Å². The van der Waals surface area contributed by atoms with Crippen LogP contribution in [0.25, 0.3) is 43.4 Å². The number of ketones is 1. The van der Waals surface area contributed by atoms with Crippen LogP contribution in [0.2, 0.25) is 0 Å². The molecule has 1 aromatic carbocycles. The van der Waals surface area contributed by atoms with Gasteiger partial charge < -0.3 is 47.3 Å². The van der Waals surface area contributed by atoms with Crippen LogP contribution in [0.3, 0.4) is 0 Å². The number of Topliss-reactive ketones (excluding diaryl/α,β-unsaturated/α-hetero) is 1. The fraction of sp³-hybridized carbons (Fsp3) is 0.321. The summed E-state index contributed by atoms with van der Waals surface area (Å²) in [4.78, 5) is 128. The van der Waals surface area contributed by atoms with Crippen molar-refractivity contribution in [3.8, 4) is 43.4 Å². The molecule has 29 heteroatoms. The van der Waals surface area contributed by atoms with Crippen molar-refractivity contribution in [2.75, 3.05) is 26.0 Å². The van der Waals surface area contributed by atoms with Gasteiger partial charge in [-0.05, 0) is 37.0 Å². The molecule has 9 N–H and O–H groups in total. The summed E-state index contributed by atoms with van der Waals surface area (Å²) in [7, 11) is 2.95. The first-order chi connectivity index (χ1) is 39.4. The zero-order chi connectivity index (χ0) is 58.4. The molecule has 1 aliphatic heterocycles. The summed E-state index contributed by atoms with van der Waals surface area (Å²) in [6.07, 6.45) is -1.75.